The lowest BCUT2D eigenvalue weighted by Crippen LogP contribution is -2.45. The summed E-state index contributed by atoms with van der Waals surface area (Å²) in [6.45, 7) is 1.43. The number of aromatic nitrogens is 1. The molecule has 2 heterocycles. The van der Waals surface area contributed by atoms with Crippen molar-refractivity contribution in [1.29, 1.82) is 0 Å². The van der Waals surface area contributed by atoms with Gasteiger partial charge in [0.1, 0.15) is 5.75 Å². The molecule has 0 aliphatic carbocycles. The molecular formula is C19H24N2O5. The maximum absolute atomic E-state index is 13.0. The number of aromatic amines is 1. The van der Waals surface area contributed by atoms with Crippen LogP contribution < -0.4 is 4.74 Å². The number of hydrogen-bond acceptors (Lipinski definition) is 4. The van der Waals surface area contributed by atoms with Crippen LogP contribution in [0.3, 0.4) is 0 Å². The first-order chi connectivity index (χ1) is 12.6. The highest BCUT2D eigenvalue weighted by Gasteiger charge is 2.26. The molecule has 1 aromatic heterocycles. The van der Waals surface area contributed by atoms with Crippen LogP contribution in [0.1, 0.15) is 24.8 Å². The molecule has 1 aliphatic heterocycles. The molecule has 1 fully saturated rings. The molecule has 7 nitrogen and oxygen atoms in total. The van der Waals surface area contributed by atoms with Gasteiger partial charge >= 0.3 is 5.97 Å². The minimum atomic E-state index is -0.897. The maximum Gasteiger partial charge on any atom is 0.305 e. The van der Waals surface area contributed by atoms with Crippen molar-refractivity contribution in [3.8, 4) is 5.75 Å². The number of rotatable bonds is 7. The van der Waals surface area contributed by atoms with E-state index in [2.05, 4.69) is 4.98 Å². The summed E-state index contributed by atoms with van der Waals surface area (Å²) in [4.78, 5) is 28.8. The molecule has 0 bridgehead atoms. The Bertz CT molecular complexity index is 779. The average Bonchev–Trinajstić information content (AvgIpc) is 3.04. The molecule has 0 atom stereocenters. The number of amides is 1. The topological polar surface area (TPSA) is 91.9 Å². The number of carboxylic acid groups (broad SMARTS) is 1. The second-order valence-electron chi connectivity index (χ2n) is 6.48. The van der Waals surface area contributed by atoms with E-state index in [-0.39, 0.29) is 31.3 Å². The van der Waals surface area contributed by atoms with Crippen LogP contribution >= 0.6 is 0 Å². The predicted octanol–water partition coefficient (Wildman–Crippen LogP) is 2.20. The Morgan fingerprint density at radius 3 is 2.81 bits per heavy atom. The molecule has 3 rings (SSSR count). The molecular weight excluding hydrogens is 336 g/mol. The number of aliphatic carboxylic acids is 1. The van der Waals surface area contributed by atoms with Gasteiger partial charge in [0.05, 0.1) is 20.0 Å². The van der Waals surface area contributed by atoms with Gasteiger partial charge in [-0.2, -0.15) is 0 Å². The summed E-state index contributed by atoms with van der Waals surface area (Å²) >= 11 is 0. The quantitative estimate of drug-likeness (QED) is 0.790. The first kappa shape index (κ1) is 18.3. The smallest absolute Gasteiger partial charge is 0.305 e. The van der Waals surface area contributed by atoms with Crippen LogP contribution in [0.25, 0.3) is 10.9 Å². The minimum absolute atomic E-state index is 0.0374. The molecule has 1 amide bonds. The van der Waals surface area contributed by atoms with E-state index in [4.69, 9.17) is 14.6 Å². The Morgan fingerprint density at radius 1 is 1.35 bits per heavy atom. The number of nitrogens with one attached hydrogen (secondary N) is 1. The number of nitrogens with zero attached hydrogens (tertiary/aromatic N) is 1. The summed E-state index contributed by atoms with van der Waals surface area (Å²) < 4.78 is 10.6. The number of H-pyrrole nitrogens is 1. The van der Waals surface area contributed by atoms with E-state index in [1.807, 2.05) is 24.4 Å². The van der Waals surface area contributed by atoms with Crippen LogP contribution in [0, 0.1) is 0 Å². The summed E-state index contributed by atoms with van der Waals surface area (Å²) in [6.07, 6.45) is 3.50. The van der Waals surface area contributed by atoms with Gasteiger partial charge in [-0.3, -0.25) is 9.59 Å². The van der Waals surface area contributed by atoms with Crippen molar-refractivity contribution >= 4 is 22.8 Å². The first-order valence-electron chi connectivity index (χ1n) is 8.81. The van der Waals surface area contributed by atoms with Crippen LogP contribution in [-0.2, 0) is 20.7 Å². The van der Waals surface area contributed by atoms with Crippen LogP contribution in [0.2, 0.25) is 0 Å². The highest BCUT2D eigenvalue weighted by atomic mass is 16.5. The van der Waals surface area contributed by atoms with Crippen molar-refractivity contribution in [3.63, 3.8) is 0 Å². The summed E-state index contributed by atoms with van der Waals surface area (Å²) in [5.74, 6) is -0.216. The van der Waals surface area contributed by atoms with Gasteiger partial charge in [0, 0.05) is 42.9 Å². The normalized spacial score (nSPS) is 15.1. The second kappa shape index (κ2) is 8.23. The fourth-order valence-electron chi connectivity index (χ4n) is 3.42. The first-order valence-corrected chi connectivity index (χ1v) is 8.81. The van der Waals surface area contributed by atoms with E-state index in [0.717, 1.165) is 35.1 Å². The molecule has 1 aliphatic rings. The Kier molecular flexibility index (Phi) is 5.78. The summed E-state index contributed by atoms with van der Waals surface area (Å²) in [5, 5.41) is 9.96. The zero-order valence-electron chi connectivity index (χ0n) is 14.9. The van der Waals surface area contributed by atoms with Gasteiger partial charge in [-0.25, -0.2) is 0 Å². The SMILES string of the molecule is COc1ccc2[nH]cc(CC(=O)N(CCC(=O)O)C3CCOCC3)c2c1. The third-order valence-electron chi connectivity index (χ3n) is 4.83. The van der Waals surface area contributed by atoms with Gasteiger partial charge < -0.3 is 24.5 Å². The Labute approximate surface area is 151 Å². The van der Waals surface area contributed by atoms with Crippen molar-refractivity contribution in [2.75, 3.05) is 26.9 Å². The second-order valence-corrected chi connectivity index (χ2v) is 6.48. The van der Waals surface area contributed by atoms with E-state index < -0.39 is 5.97 Å². The van der Waals surface area contributed by atoms with Crippen molar-refractivity contribution in [1.82, 2.24) is 9.88 Å². The van der Waals surface area contributed by atoms with Gasteiger partial charge in [-0.15, -0.1) is 0 Å². The number of benzene rings is 1. The molecule has 2 aromatic rings. The number of fused-ring (bicyclic) bond motifs is 1. The molecule has 0 spiro atoms. The molecule has 0 unspecified atom stereocenters. The van der Waals surface area contributed by atoms with Crippen molar-refractivity contribution in [2.24, 2.45) is 0 Å². The minimum Gasteiger partial charge on any atom is -0.497 e. The third-order valence-corrected chi connectivity index (χ3v) is 4.83. The van der Waals surface area contributed by atoms with Gasteiger partial charge in [0.2, 0.25) is 5.91 Å². The predicted molar refractivity (Wildman–Crippen MR) is 96.4 cm³/mol. The van der Waals surface area contributed by atoms with Gasteiger partial charge in [0.25, 0.3) is 0 Å². The van der Waals surface area contributed by atoms with Crippen LogP contribution in [-0.4, -0.2) is 59.8 Å². The highest BCUT2D eigenvalue weighted by molar-refractivity contribution is 5.90. The van der Waals surface area contributed by atoms with Crippen molar-refractivity contribution in [3.05, 3.63) is 30.0 Å². The van der Waals surface area contributed by atoms with Crippen LogP contribution in [0.5, 0.6) is 5.75 Å². The third kappa shape index (κ3) is 4.16. The molecule has 1 aromatic carbocycles. The lowest BCUT2D eigenvalue weighted by atomic mass is 10.0. The summed E-state index contributed by atoms with van der Waals surface area (Å²) in [6, 6.07) is 5.73. The number of methoxy groups -OCH3 is 1. The number of carbonyl (C=O) groups is 2. The Balaban J connectivity index is 1.79. The fraction of sp³-hybridized carbons (Fsp3) is 0.474. The highest BCUT2D eigenvalue weighted by Crippen LogP contribution is 2.25. The van der Waals surface area contributed by atoms with E-state index in [1.54, 1.807) is 12.0 Å². The number of carboxylic acids is 1. The fourth-order valence-corrected chi connectivity index (χ4v) is 3.42. The molecule has 140 valence electrons. The van der Waals surface area contributed by atoms with Crippen LogP contribution in [0.15, 0.2) is 24.4 Å². The van der Waals surface area contributed by atoms with Crippen molar-refractivity contribution < 1.29 is 24.2 Å². The average molecular weight is 360 g/mol. The van der Waals surface area contributed by atoms with Crippen molar-refractivity contribution in [2.45, 2.75) is 31.7 Å². The van der Waals surface area contributed by atoms with E-state index in [1.165, 1.54) is 0 Å². The molecule has 26 heavy (non-hydrogen) atoms. The van der Waals surface area contributed by atoms with Crippen LogP contribution in [0.4, 0.5) is 0 Å². The van der Waals surface area contributed by atoms with E-state index in [9.17, 15) is 9.59 Å². The number of carbonyl (C=O) groups excluding carboxylic acids is 1. The summed E-state index contributed by atoms with van der Waals surface area (Å²) in [7, 11) is 1.61. The lowest BCUT2D eigenvalue weighted by molar-refractivity contribution is -0.140. The van der Waals surface area contributed by atoms with E-state index in [0.29, 0.717) is 13.2 Å². The number of ether oxygens (including phenoxy) is 2. The lowest BCUT2D eigenvalue weighted by Gasteiger charge is -2.34. The molecule has 0 radical (unpaired) electrons. The molecule has 0 saturated carbocycles. The van der Waals surface area contributed by atoms with Gasteiger partial charge in [-0.1, -0.05) is 0 Å². The standard InChI is InChI=1S/C19H24N2O5/c1-25-15-2-3-17-16(11-15)13(12-20-17)10-18(22)21(7-4-19(23)24)14-5-8-26-9-6-14/h2-3,11-12,14,20H,4-10H2,1H3,(H,23,24). The molecule has 1 saturated heterocycles. The monoisotopic (exact) mass is 360 g/mol. The Morgan fingerprint density at radius 2 is 2.12 bits per heavy atom. The zero-order chi connectivity index (χ0) is 18.5. The Hall–Kier alpha value is -2.54. The molecule has 2 N–H and O–H groups in total. The van der Waals surface area contributed by atoms with Gasteiger partial charge in [0.15, 0.2) is 0 Å². The summed E-state index contributed by atoms with van der Waals surface area (Å²) in [5.41, 5.74) is 1.83. The van der Waals surface area contributed by atoms with E-state index >= 15 is 0 Å². The number of hydrogen-bond donors (Lipinski definition) is 2. The zero-order valence-corrected chi connectivity index (χ0v) is 14.9. The molecule has 7 heteroatoms. The largest absolute Gasteiger partial charge is 0.497 e. The maximum atomic E-state index is 13.0. The van der Waals surface area contributed by atoms with Gasteiger partial charge in [-0.05, 0) is 36.6 Å².